The summed E-state index contributed by atoms with van der Waals surface area (Å²) in [6, 6.07) is 47.0. The molecule has 0 saturated carbocycles. The largest absolute Gasteiger partial charge is 0.471 e. The second-order valence-corrected chi connectivity index (χ2v) is 24.3. The normalized spacial score (nSPS) is 17.0. The fourth-order valence-corrected chi connectivity index (χ4v) is 11.5. The summed E-state index contributed by atoms with van der Waals surface area (Å²) in [6.45, 7) is 30.7. The number of aromatic amines is 1. The van der Waals surface area contributed by atoms with E-state index < -0.39 is 0 Å². The molecule has 3 heterocycles. The molecule has 1 aliphatic heterocycles. The van der Waals surface area contributed by atoms with Crippen LogP contribution in [-0.2, 0) is 27.1 Å². The number of rotatable bonds is 3. The van der Waals surface area contributed by atoms with Gasteiger partial charge in [0, 0.05) is 38.7 Å². The van der Waals surface area contributed by atoms with Gasteiger partial charge >= 0.3 is 0 Å². The van der Waals surface area contributed by atoms with Crippen LogP contribution in [0.1, 0.15) is 153 Å². The Morgan fingerprint density at radius 3 is 1.83 bits per heavy atom. The van der Waals surface area contributed by atoms with E-state index in [4.69, 9.17) is 4.42 Å². The van der Waals surface area contributed by atoms with E-state index in [9.17, 15) is 0 Å². The summed E-state index contributed by atoms with van der Waals surface area (Å²) < 4.78 is 7.35. The molecule has 0 amide bonds. The number of nitrogens with one attached hydrogen (secondary N) is 1. The van der Waals surface area contributed by atoms with Gasteiger partial charge in [-0.1, -0.05) is 174 Å². The molecule has 2 aromatic heterocycles. The monoisotopic (exact) mass is 863 g/mol. The topological polar surface area (TPSA) is 28.9 Å². The highest BCUT2D eigenvalue weighted by Crippen LogP contribution is 2.51. The number of fused-ring (bicyclic) bond motifs is 10. The fourth-order valence-electron chi connectivity index (χ4n) is 11.5. The van der Waals surface area contributed by atoms with Crippen LogP contribution in [0.25, 0.3) is 65.8 Å². The van der Waals surface area contributed by atoms with Gasteiger partial charge in [0.05, 0.1) is 11.2 Å². The maximum Gasteiger partial charge on any atom is 0.242 e. The Morgan fingerprint density at radius 1 is 0.530 bits per heavy atom. The molecule has 331 valence electrons. The first kappa shape index (κ1) is 42.8. The van der Waals surface area contributed by atoms with E-state index in [0.29, 0.717) is 0 Å². The maximum absolute atomic E-state index is 7.35. The molecular formula is C63H65BNO. The van der Waals surface area contributed by atoms with Gasteiger partial charge < -0.3 is 9.40 Å². The number of hydrogen-bond acceptors (Lipinski definition) is 1. The molecule has 2 aliphatic rings. The molecule has 11 rings (SSSR count). The van der Waals surface area contributed by atoms with Gasteiger partial charge in [-0.05, 0) is 149 Å². The summed E-state index contributed by atoms with van der Waals surface area (Å²) in [7, 11) is 2.42. The van der Waals surface area contributed by atoms with Crippen LogP contribution in [0.4, 0.5) is 0 Å². The predicted molar refractivity (Wildman–Crippen MR) is 284 cm³/mol. The highest BCUT2D eigenvalue weighted by atomic mass is 16.3. The van der Waals surface area contributed by atoms with Gasteiger partial charge in [0.2, 0.25) is 7.28 Å². The lowest BCUT2D eigenvalue weighted by Crippen LogP contribution is -2.40. The van der Waals surface area contributed by atoms with Gasteiger partial charge in [0.1, 0.15) is 5.58 Å². The summed E-state index contributed by atoms with van der Waals surface area (Å²) in [5.41, 5.74) is 21.3. The molecule has 66 heavy (non-hydrogen) atoms. The zero-order valence-electron chi connectivity index (χ0n) is 41.5. The standard InChI is InChI=1S/C63H65BNO/c1-59(2,3)38-23-25-42(43(30-38)36-19-15-14-16-20-36)53-54-41-22-18-17-21-37(41)29-45(47-33-40(61(7,8)9)32-46-44-31-39(60(4,5)6)24-26-51(44)65-57(46)47)56(54)64-58-55(53)48-34-49-50(35-52(48)66-58)63(12,13)28-27-62(49,10)11/h14-26,29-35,53,65H,27-28H2,1-13H3. The number of benzene rings is 7. The summed E-state index contributed by atoms with van der Waals surface area (Å²) in [5, 5.41) is 6.32. The summed E-state index contributed by atoms with van der Waals surface area (Å²) in [5.74, 6) is -0.119. The molecule has 1 unspecified atom stereocenters. The average molecular weight is 863 g/mol. The second kappa shape index (κ2) is 14.4. The Labute approximate surface area is 393 Å². The van der Waals surface area contributed by atoms with Crippen LogP contribution in [0.2, 0.25) is 0 Å². The van der Waals surface area contributed by atoms with Gasteiger partial charge in [-0.25, -0.2) is 0 Å². The van der Waals surface area contributed by atoms with Crippen molar-refractivity contribution in [3.63, 3.8) is 0 Å². The zero-order chi connectivity index (χ0) is 46.5. The number of H-pyrrole nitrogens is 1. The third-order valence-corrected chi connectivity index (χ3v) is 15.8. The molecular weight excluding hydrogens is 798 g/mol. The van der Waals surface area contributed by atoms with Gasteiger partial charge in [-0.3, -0.25) is 0 Å². The second-order valence-electron chi connectivity index (χ2n) is 24.3. The van der Waals surface area contributed by atoms with Crippen molar-refractivity contribution in [3.05, 3.63) is 166 Å². The van der Waals surface area contributed by atoms with Gasteiger partial charge in [-0.2, -0.15) is 0 Å². The van der Waals surface area contributed by atoms with Crippen molar-refractivity contribution in [3.8, 4) is 22.3 Å². The van der Waals surface area contributed by atoms with Crippen LogP contribution in [0, 0.1) is 0 Å². The third kappa shape index (κ3) is 6.73. The lowest BCUT2D eigenvalue weighted by molar-refractivity contribution is 0.332. The molecule has 1 N–H and O–H groups in total. The van der Waals surface area contributed by atoms with Crippen molar-refractivity contribution in [2.45, 2.75) is 136 Å². The average Bonchev–Trinajstić information content (AvgIpc) is 3.83. The van der Waals surface area contributed by atoms with E-state index in [1.807, 2.05) is 0 Å². The molecule has 1 radical (unpaired) electrons. The molecule has 0 saturated heterocycles. The number of aromatic nitrogens is 1. The smallest absolute Gasteiger partial charge is 0.242 e. The minimum absolute atomic E-state index is 0.0260. The van der Waals surface area contributed by atoms with E-state index in [2.05, 4.69) is 224 Å². The van der Waals surface area contributed by atoms with Crippen molar-refractivity contribution < 1.29 is 4.42 Å². The molecule has 7 aromatic carbocycles. The highest BCUT2D eigenvalue weighted by Gasteiger charge is 2.41. The van der Waals surface area contributed by atoms with Crippen molar-refractivity contribution >= 4 is 61.9 Å². The molecule has 0 spiro atoms. The zero-order valence-corrected chi connectivity index (χ0v) is 41.5. The van der Waals surface area contributed by atoms with Gasteiger partial charge in [0.15, 0.2) is 0 Å². The molecule has 2 nitrogen and oxygen atoms in total. The minimum atomic E-state index is -0.119. The highest BCUT2D eigenvalue weighted by molar-refractivity contribution is 6.70. The number of hydrogen-bond donors (Lipinski definition) is 1. The van der Waals surface area contributed by atoms with E-state index in [0.717, 1.165) is 24.1 Å². The van der Waals surface area contributed by atoms with Crippen LogP contribution >= 0.6 is 0 Å². The van der Waals surface area contributed by atoms with Crippen LogP contribution in [-0.4, -0.2) is 12.3 Å². The first-order chi connectivity index (χ1) is 31.1. The lowest BCUT2D eigenvalue weighted by Gasteiger charge is -2.41. The molecule has 1 atom stereocenters. The van der Waals surface area contributed by atoms with E-state index in [1.165, 1.54) is 110 Å². The van der Waals surface area contributed by atoms with Crippen molar-refractivity contribution in [1.82, 2.24) is 4.98 Å². The first-order valence-corrected chi connectivity index (χ1v) is 24.4. The number of furan rings is 1. The predicted octanol–water partition coefficient (Wildman–Crippen LogP) is 15.9. The third-order valence-electron chi connectivity index (χ3n) is 15.8. The van der Waals surface area contributed by atoms with E-state index in [-0.39, 0.29) is 33.0 Å². The Kier molecular flexibility index (Phi) is 9.31. The Hall–Kier alpha value is -5.80. The Balaban J connectivity index is 1.29. The molecule has 0 bridgehead atoms. The van der Waals surface area contributed by atoms with Crippen molar-refractivity contribution in [2.24, 2.45) is 0 Å². The summed E-state index contributed by atoms with van der Waals surface area (Å²) >= 11 is 0. The lowest BCUT2D eigenvalue weighted by atomic mass is 9.53. The first-order valence-electron chi connectivity index (χ1n) is 24.4. The quantitative estimate of drug-likeness (QED) is 0.176. The minimum Gasteiger partial charge on any atom is -0.471 e. The fraction of sp³-hybridized carbons (Fsp3) is 0.333. The molecule has 0 fully saturated rings. The summed E-state index contributed by atoms with van der Waals surface area (Å²) in [6.07, 6.45) is 2.31. The van der Waals surface area contributed by atoms with E-state index >= 15 is 0 Å². The Bertz CT molecular complexity index is 3440. The van der Waals surface area contributed by atoms with Gasteiger partial charge in [0.25, 0.3) is 0 Å². The SMILES string of the molecule is CC(C)(C)c1ccc(C2c3c(c(-c4cc(C(C)(C)C)cc5c4[nH]c4ccc(C(C)(C)C)cc45)cc4ccccc34)[B]c3oc4cc5c(cc4c32)C(C)(C)CCC5(C)C)c(-c2ccccc2)c1. The van der Waals surface area contributed by atoms with Crippen LogP contribution < -0.4 is 11.1 Å². The molecule has 9 aromatic rings. The van der Waals surface area contributed by atoms with Gasteiger partial charge in [-0.15, -0.1) is 0 Å². The van der Waals surface area contributed by atoms with Crippen molar-refractivity contribution in [1.29, 1.82) is 0 Å². The van der Waals surface area contributed by atoms with Crippen molar-refractivity contribution in [2.75, 3.05) is 0 Å². The summed E-state index contributed by atoms with van der Waals surface area (Å²) in [4.78, 5) is 4.00. The Morgan fingerprint density at radius 2 is 1.14 bits per heavy atom. The van der Waals surface area contributed by atoms with Crippen LogP contribution in [0.5, 0.6) is 0 Å². The molecule has 1 aliphatic carbocycles. The maximum atomic E-state index is 7.35. The van der Waals surface area contributed by atoms with E-state index in [1.54, 1.807) is 0 Å². The van der Waals surface area contributed by atoms with Crippen LogP contribution in [0.15, 0.2) is 126 Å². The molecule has 3 heteroatoms. The van der Waals surface area contributed by atoms with Crippen LogP contribution in [0.3, 0.4) is 0 Å².